The molecule has 0 unspecified atom stereocenters. The number of benzene rings is 4. The van der Waals surface area contributed by atoms with Crippen LogP contribution in [0.15, 0.2) is 84.4 Å². The number of nitrogens with zero attached hydrogens (tertiary/aromatic N) is 1. The first-order valence-electron chi connectivity index (χ1n) is 8.75. The van der Waals surface area contributed by atoms with Crippen LogP contribution >= 0.6 is 11.6 Å². The zero-order chi connectivity index (χ0) is 19.5. The summed E-state index contributed by atoms with van der Waals surface area (Å²) in [7, 11) is 0. The van der Waals surface area contributed by atoms with Crippen LogP contribution in [0.3, 0.4) is 0 Å². The second kappa shape index (κ2) is 7.56. The third-order valence-corrected chi connectivity index (χ3v) is 4.82. The lowest BCUT2D eigenvalue weighted by atomic mass is 9.95. The van der Waals surface area contributed by atoms with Gasteiger partial charge in [-0.3, -0.25) is 4.79 Å². The summed E-state index contributed by atoms with van der Waals surface area (Å²) in [4.78, 5) is 12.7. The van der Waals surface area contributed by atoms with E-state index in [9.17, 15) is 10.1 Å². The third kappa shape index (κ3) is 3.46. The molecule has 0 saturated carbocycles. The van der Waals surface area contributed by atoms with Crippen molar-refractivity contribution in [2.24, 2.45) is 0 Å². The number of halogens is 1. The van der Waals surface area contributed by atoms with Gasteiger partial charge in [-0.25, -0.2) is 0 Å². The minimum atomic E-state index is -0.457. The van der Waals surface area contributed by atoms with E-state index in [-0.39, 0.29) is 5.57 Å². The quantitative estimate of drug-likeness (QED) is 0.261. The largest absolute Gasteiger partial charge is 0.321 e. The van der Waals surface area contributed by atoms with Crippen molar-refractivity contribution < 1.29 is 4.79 Å². The smallest absolute Gasteiger partial charge is 0.266 e. The van der Waals surface area contributed by atoms with Crippen LogP contribution in [0.5, 0.6) is 0 Å². The molecule has 0 aliphatic carbocycles. The molecule has 1 N–H and O–H groups in total. The first kappa shape index (κ1) is 17.8. The van der Waals surface area contributed by atoms with E-state index in [1.807, 2.05) is 54.6 Å². The van der Waals surface area contributed by atoms with Gasteiger partial charge in [-0.05, 0) is 63.5 Å². The summed E-state index contributed by atoms with van der Waals surface area (Å²) >= 11 is 5.88. The van der Waals surface area contributed by atoms with E-state index in [0.29, 0.717) is 10.7 Å². The fourth-order valence-corrected chi connectivity index (χ4v) is 3.35. The molecule has 0 aromatic heterocycles. The van der Waals surface area contributed by atoms with Gasteiger partial charge in [-0.1, -0.05) is 60.1 Å². The lowest BCUT2D eigenvalue weighted by Gasteiger charge is -2.09. The number of carbonyl (C=O) groups is 1. The Morgan fingerprint density at radius 1 is 0.893 bits per heavy atom. The van der Waals surface area contributed by atoms with Crippen LogP contribution in [0.2, 0.25) is 5.02 Å². The van der Waals surface area contributed by atoms with Crippen LogP contribution < -0.4 is 5.32 Å². The molecule has 0 heterocycles. The molecule has 4 aromatic carbocycles. The Morgan fingerprint density at radius 3 is 2.04 bits per heavy atom. The van der Waals surface area contributed by atoms with E-state index in [0.717, 1.165) is 27.1 Å². The molecule has 0 aliphatic rings. The molecule has 0 fully saturated rings. The Labute approximate surface area is 167 Å². The van der Waals surface area contributed by atoms with Gasteiger partial charge in [-0.15, -0.1) is 0 Å². The average Bonchev–Trinajstić information content (AvgIpc) is 2.72. The van der Waals surface area contributed by atoms with Crippen molar-refractivity contribution in [3.05, 3.63) is 95.0 Å². The molecule has 4 heteroatoms. The highest BCUT2D eigenvalue weighted by atomic mass is 35.5. The van der Waals surface area contributed by atoms with E-state index in [4.69, 9.17) is 11.6 Å². The topological polar surface area (TPSA) is 52.9 Å². The second-order valence-electron chi connectivity index (χ2n) is 6.36. The number of rotatable bonds is 3. The summed E-state index contributed by atoms with van der Waals surface area (Å²) in [5.74, 6) is -0.457. The van der Waals surface area contributed by atoms with Gasteiger partial charge in [0.2, 0.25) is 0 Å². The monoisotopic (exact) mass is 382 g/mol. The van der Waals surface area contributed by atoms with Crippen LogP contribution in [0, 0.1) is 11.3 Å². The van der Waals surface area contributed by atoms with Crippen molar-refractivity contribution in [1.82, 2.24) is 0 Å². The maximum absolute atomic E-state index is 12.7. The lowest BCUT2D eigenvalue weighted by Crippen LogP contribution is -2.13. The van der Waals surface area contributed by atoms with Crippen LogP contribution in [0.25, 0.3) is 27.6 Å². The first-order chi connectivity index (χ1) is 13.7. The molecule has 4 rings (SSSR count). The number of hydrogen-bond donors (Lipinski definition) is 1. The van der Waals surface area contributed by atoms with E-state index in [1.165, 1.54) is 0 Å². The van der Waals surface area contributed by atoms with Gasteiger partial charge in [0.15, 0.2) is 0 Å². The van der Waals surface area contributed by atoms with Crippen LogP contribution in [-0.4, -0.2) is 5.91 Å². The van der Waals surface area contributed by atoms with E-state index in [2.05, 4.69) is 11.4 Å². The van der Waals surface area contributed by atoms with Crippen molar-refractivity contribution in [3.63, 3.8) is 0 Å². The van der Waals surface area contributed by atoms with Gasteiger partial charge in [0.05, 0.1) is 0 Å². The highest BCUT2D eigenvalue weighted by Gasteiger charge is 2.12. The van der Waals surface area contributed by atoms with Crippen LogP contribution in [-0.2, 0) is 4.79 Å². The Bertz CT molecular complexity index is 1210. The van der Waals surface area contributed by atoms with Gasteiger partial charge in [0.25, 0.3) is 5.91 Å². The minimum absolute atomic E-state index is 0.0384. The van der Waals surface area contributed by atoms with Gasteiger partial charge < -0.3 is 5.32 Å². The summed E-state index contributed by atoms with van der Waals surface area (Å²) in [5.41, 5.74) is 1.48. The molecule has 28 heavy (non-hydrogen) atoms. The van der Waals surface area contributed by atoms with Gasteiger partial charge in [0.1, 0.15) is 11.6 Å². The van der Waals surface area contributed by atoms with Gasteiger partial charge in [-0.2, -0.15) is 5.26 Å². The van der Waals surface area contributed by atoms with Crippen molar-refractivity contribution in [2.75, 3.05) is 5.32 Å². The van der Waals surface area contributed by atoms with E-state index >= 15 is 0 Å². The normalized spacial score (nSPS) is 11.4. The third-order valence-electron chi connectivity index (χ3n) is 4.57. The molecular weight excluding hydrogens is 368 g/mol. The van der Waals surface area contributed by atoms with Gasteiger partial charge in [0, 0.05) is 10.7 Å². The number of nitriles is 1. The Hall–Kier alpha value is -3.61. The molecule has 4 aromatic rings. The Morgan fingerprint density at radius 2 is 1.46 bits per heavy atom. The molecule has 0 aliphatic heterocycles. The molecule has 0 radical (unpaired) electrons. The zero-order valence-corrected chi connectivity index (χ0v) is 15.6. The van der Waals surface area contributed by atoms with E-state index in [1.54, 1.807) is 30.3 Å². The highest BCUT2D eigenvalue weighted by molar-refractivity contribution is 6.30. The number of fused-ring (bicyclic) bond motifs is 2. The fourth-order valence-electron chi connectivity index (χ4n) is 3.23. The number of carbonyl (C=O) groups excluding carboxylic acids is 1. The van der Waals surface area contributed by atoms with E-state index < -0.39 is 5.91 Å². The van der Waals surface area contributed by atoms with Crippen molar-refractivity contribution in [2.45, 2.75) is 0 Å². The molecule has 1 amide bonds. The lowest BCUT2D eigenvalue weighted by molar-refractivity contribution is -0.112. The molecule has 134 valence electrons. The average molecular weight is 383 g/mol. The van der Waals surface area contributed by atoms with Crippen molar-refractivity contribution >= 4 is 50.8 Å². The Balaban J connectivity index is 1.83. The summed E-state index contributed by atoms with van der Waals surface area (Å²) in [6.07, 6.45) is 1.66. The summed E-state index contributed by atoms with van der Waals surface area (Å²) in [6, 6.07) is 26.8. The summed E-state index contributed by atoms with van der Waals surface area (Å²) in [5, 5.41) is 17.1. The summed E-state index contributed by atoms with van der Waals surface area (Å²) < 4.78 is 0. The predicted molar refractivity (Wildman–Crippen MR) is 115 cm³/mol. The van der Waals surface area contributed by atoms with Crippen molar-refractivity contribution in [1.29, 1.82) is 5.26 Å². The molecule has 0 spiro atoms. The number of amides is 1. The standard InChI is InChI=1S/C24H15ClN2O/c25-19-9-11-20(12-10-19)27-24(28)18(15-26)14-23-21-7-3-1-5-16(21)13-17-6-2-4-8-22(17)23/h1-14H,(H,27,28)/b18-14-. The Kier molecular flexibility index (Phi) is 4.80. The first-order valence-corrected chi connectivity index (χ1v) is 9.13. The molecule has 0 bridgehead atoms. The maximum atomic E-state index is 12.7. The number of nitrogens with one attached hydrogen (secondary N) is 1. The zero-order valence-electron chi connectivity index (χ0n) is 14.8. The van der Waals surface area contributed by atoms with Gasteiger partial charge >= 0.3 is 0 Å². The molecule has 0 atom stereocenters. The minimum Gasteiger partial charge on any atom is -0.321 e. The molecular formula is C24H15ClN2O. The predicted octanol–water partition coefficient (Wildman–Crippen LogP) is 6.19. The van der Waals surface area contributed by atoms with Crippen LogP contribution in [0.4, 0.5) is 5.69 Å². The SMILES string of the molecule is N#C/C(=C/c1c2ccccc2cc2ccccc12)C(=O)Nc1ccc(Cl)cc1. The molecule has 3 nitrogen and oxygen atoms in total. The highest BCUT2D eigenvalue weighted by Crippen LogP contribution is 2.30. The molecule has 0 saturated heterocycles. The van der Waals surface area contributed by atoms with Crippen LogP contribution in [0.1, 0.15) is 5.56 Å². The summed E-state index contributed by atoms with van der Waals surface area (Å²) in [6.45, 7) is 0. The van der Waals surface area contributed by atoms with Crippen molar-refractivity contribution in [3.8, 4) is 6.07 Å². The number of hydrogen-bond acceptors (Lipinski definition) is 2. The maximum Gasteiger partial charge on any atom is 0.266 e. The second-order valence-corrected chi connectivity index (χ2v) is 6.80. The fraction of sp³-hybridized carbons (Fsp3) is 0. The number of anilines is 1.